The maximum absolute atomic E-state index is 12.1. The molecular weight excluding hydrogens is 362 g/mol. The first-order valence-electron chi connectivity index (χ1n) is 9.43. The van der Waals surface area contributed by atoms with E-state index >= 15 is 0 Å². The van der Waals surface area contributed by atoms with E-state index in [-0.39, 0.29) is 19.1 Å². The van der Waals surface area contributed by atoms with E-state index in [9.17, 15) is 4.79 Å². The second-order valence-electron chi connectivity index (χ2n) is 6.88. The first-order chi connectivity index (χ1) is 14.1. The minimum atomic E-state index is -0.483. The van der Waals surface area contributed by atoms with Gasteiger partial charge in [0.05, 0.1) is 24.1 Å². The van der Waals surface area contributed by atoms with Gasteiger partial charge in [-0.3, -0.25) is 4.98 Å². The Bertz CT molecular complexity index is 1080. The van der Waals surface area contributed by atoms with E-state index < -0.39 is 6.09 Å². The second-order valence-corrected chi connectivity index (χ2v) is 6.88. The van der Waals surface area contributed by atoms with Gasteiger partial charge in [-0.05, 0) is 35.2 Å². The Kier molecular flexibility index (Phi) is 5.17. The maximum atomic E-state index is 12.1. The summed E-state index contributed by atoms with van der Waals surface area (Å²) >= 11 is 0. The molecule has 29 heavy (non-hydrogen) atoms. The van der Waals surface area contributed by atoms with Gasteiger partial charge in [0.2, 0.25) is 0 Å². The fraction of sp³-hybridized carbons (Fsp3) is 0.167. The van der Waals surface area contributed by atoms with Crippen LogP contribution in [0.3, 0.4) is 0 Å². The lowest BCUT2D eigenvalue weighted by Gasteiger charge is -2.14. The highest BCUT2D eigenvalue weighted by molar-refractivity contribution is 5.79. The van der Waals surface area contributed by atoms with Gasteiger partial charge < -0.3 is 15.8 Å². The number of benzene rings is 2. The summed E-state index contributed by atoms with van der Waals surface area (Å²) in [5.74, 6) is 5.91. The maximum Gasteiger partial charge on any atom is 0.407 e. The number of rotatable bonds is 3. The molecule has 0 spiro atoms. The molecular formula is C24H21N3O2. The summed E-state index contributed by atoms with van der Waals surface area (Å²) < 4.78 is 5.48. The molecule has 0 radical (unpaired) electrons. The van der Waals surface area contributed by atoms with E-state index in [4.69, 9.17) is 10.5 Å². The van der Waals surface area contributed by atoms with Crippen molar-refractivity contribution < 1.29 is 9.53 Å². The van der Waals surface area contributed by atoms with Gasteiger partial charge in [-0.1, -0.05) is 60.4 Å². The molecule has 4 rings (SSSR count). The topological polar surface area (TPSA) is 77.2 Å². The molecule has 3 N–H and O–H groups in total. The molecule has 1 aromatic heterocycles. The number of aromatic nitrogens is 1. The van der Waals surface area contributed by atoms with Crippen molar-refractivity contribution in [3.05, 3.63) is 83.2 Å². The number of hydrogen-bond acceptors (Lipinski definition) is 4. The van der Waals surface area contributed by atoms with Crippen molar-refractivity contribution in [3.63, 3.8) is 0 Å². The molecule has 3 aromatic rings. The molecule has 144 valence electrons. The minimum Gasteiger partial charge on any atom is -0.449 e. The summed E-state index contributed by atoms with van der Waals surface area (Å²) in [6.45, 7) is 2.33. The van der Waals surface area contributed by atoms with Gasteiger partial charge in [0.15, 0.2) is 0 Å². The summed E-state index contributed by atoms with van der Waals surface area (Å²) in [6.07, 6.45) is 1.11. The molecule has 5 heteroatoms. The number of fused-ring (bicyclic) bond motifs is 3. The fourth-order valence-corrected chi connectivity index (χ4v) is 3.58. The molecule has 0 atom stereocenters. The van der Waals surface area contributed by atoms with Crippen molar-refractivity contribution in [3.8, 4) is 23.0 Å². The zero-order chi connectivity index (χ0) is 20.2. The van der Waals surface area contributed by atoms with Crippen LogP contribution < -0.4 is 11.1 Å². The van der Waals surface area contributed by atoms with Gasteiger partial charge in [0.25, 0.3) is 0 Å². The zero-order valence-corrected chi connectivity index (χ0v) is 16.1. The van der Waals surface area contributed by atoms with E-state index in [1.165, 1.54) is 22.3 Å². The number of aryl methyl sites for hydroxylation is 1. The van der Waals surface area contributed by atoms with Crippen LogP contribution in [0.5, 0.6) is 0 Å². The minimum absolute atomic E-state index is 0.0419. The first-order valence-corrected chi connectivity index (χ1v) is 9.43. The second kappa shape index (κ2) is 8.07. The van der Waals surface area contributed by atoms with Gasteiger partial charge in [-0.2, -0.15) is 0 Å². The number of nitrogens with one attached hydrogen (secondary N) is 1. The predicted octanol–water partition coefficient (Wildman–Crippen LogP) is 3.86. The van der Waals surface area contributed by atoms with Crippen LogP contribution in [0.4, 0.5) is 10.5 Å². The van der Waals surface area contributed by atoms with E-state index in [1.54, 1.807) is 12.3 Å². The Morgan fingerprint density at radius 1 is 1.14 bits per heavy atom. The third-order valence-electron chi connectivity index (χ3n) is 5.00. The number of ether oxygens (including phenoxy) is 1. The molecule has 0 saturated heterocycles. The molecule has 0 aliphatic heterocycles. The van der Waals surface area contributed by atoms with Crippen LogP contribution in [0.15, 0.2) is 60.8 Å². The van der Waals surface area contributed by atoms with E-state index in [0.717, 1.165) is 11.3 Å². The molecule has 1 aliphatic rings. The fourth-order valence-electron chi connectivity index (χ4n) is 3.58. The Morgan fingerprint density at radius 2 is 1.79 bits per heavy atom. The van der Waals surface area contributed by atoms with Crippen molar-refractivity contribution in [2.24, 2.45) is 0 Å². The van der Waals surface area contributed by atoms with Crippen LogP contribution >= 0.6 is 0 Å². The van der Waals surface area contributed by atoms with Gasteiger partial charge in [0.1, 0.15) is 6.61 Å². The van der Waals surface area contributed by atoms with Crippen LogP contribution in [-0.2, 0) is 4.74 Å². The van der Waals surface area contributed by atoms with Crippen LogP contribution in [0.2, 0.25) is 0 Å². The molecule has 5 nitrogen and oxygen atoms in total. The van der Waals surface area contributed by atoms with Gasteiger partial charge in [-0.25, -0.2) is 4.79 Å². The van der Waals surface area contributed by atoms with Crippen molar-refractivity contribution in [2.45, 2.75) is 12.8 Å². The lowest BCUT2D eigenvalue weighted by Crippen LogP contribution is -2.26. The van der Waals surface area contributed by atoms with Gasteiger partial charge in [0, 0.05) is 11.5 Å². The highest BCUT2D eigenvalue weighted by Crippen LogP contribution is 2.44. The molecule has 1 heterocycles. The van der Waals surface area contributed by atoms with Crippen LogP contribution in [0.1, 0.15) is 28.3 Å². The van der Waals surface area contributed by atoms with Gasteiger partial charge in [-0.15, -0.1) is 0 Å². The number of alkyl carbamates (subject to hydrolysis) is 1. The molecule has 1 amide bonds. The smallest absolute Gasteiger partial charge is 0.407 e. The van der Waals surface area contributed by atoms with Crippen molar-refractivity contribution in [1.82, 2.24) is 10.3 Å². The number of carbonyl (C=O) groups excluding carboxylic acids is 1. The average Bonchev–Trinajstić information content (AvgIpc) is 3.06. The number of nitrogens with two attached hydrogens (primary N) is 1. The third-order valence-corrected chi connectivity index (χ3v) is 5.00. The van der Waals surface area contributed by atoms with Crippen LogP contribution in [0, 0.1) is 18.8 Å². The monoisotopic (exact) mass is 383 g/mol. The Labute approximate surface area is 169 Å². The van der Waals surface area contributed by atoms with E-state index in [1.807, 2.05) is 31.2 Å². The number of nitrogens with zero attached hydrogens (tertiary/aromatic N) is 1. The number of carbonyl (C=O) groups is 1. The highest BCUT2D eigenvalue weighted by atomic mass is 16.5. The van der Waals surface area contributed by atoms with Crippen molar-refractivity contribution in [2.75, 3.05) is 18.9 Å². The number of hydrogen-bond donors (Lipinski definition) is 2. The van der Waals surface area contributed by atoms with Crippen LogP contribution in [0.25, 0.3) is 11.1 Å². The molecule has 2 aromatic carbocycles. The number of nitrogen functional groups attached to an aromatic ring is 1. The molecule has 0 saturated carbocycles. The average molecular weight is 383 g/mol. The quantitative estimate of drug-likeness (QED) is 0.673. The predicted molar refractivity (Wildman–Crippen MR) is 113 cm³/mol. The summed E-state index contributed by atoms with van der Waals surface area (Å²) in [6, 6.07) is 18.3. The zero-order valence-electron chi connectivity index (χ0n) is 16.1. The van der Waals surface area contributed by atoms with Crippen molar-refractivity contribution in [1.29, 1.82) is 0 Å². The highest BCUT2D eigenvalue weighted by Gasteiger charge is 2.28. The largest absolute Gasteiger partial charge is 0.449 e. The summed E-state index contributed by atoms with van der Waals surface area (Å²) in [7, 11) is 0. The van der Waals surface area contributed by atoms with Crippen molar-refractivity contribution >= 4 is 11.8 Å². The molecule has 0 fully saturated rings. The summed E-state index contributed by atoms with van der Waals surface area (Å²) in [5.41, 5.74) is 12.6. The van der Waals surface area contributed by atoms with Gasteiger partial charge >= 0.3 is 6.09 Å². The molecule has 0 bridgehead atoms. The standard InChI is InChI=1S/C24H21N3O2/c1-16-17(13-18(25)14-27-16)7-6-12-26-24(28)29-15-23-21-10-4-2-8-19(21)20-9-3-5-11-22(20)23/h2-5,8-11,13-14,23H,12,15,25H2,1H3,(H,26,28). The Hall–Kier alpha value is -3.78. The SMILES string of the molecule is Cc1ncc(N)cc1C#CCNC(=O)OCC1c2ccccc2-c2ccccc21. The number of anilines is 1. The summed E-state index contributed by atoms with van der Waals surface area (Å²) in [4.78, 5) is 16.3. The lowest BCUT2D eigenvalue weighted by molar-refractivity contribution is 0.144. The van der Waals surface area contributed by atoms with E-state index in [0.29, 0.717) is 5.69 Å². The Balaban J connectivity index is 1.36. The summed E-state index contributed by atoms with van der Waals surface area (Å²) in [5, 5.41) is 2.67. The normalized spacial score (nSPS) is 11.8. The Morgan fingerprint density at radius 3 is 2.48 bits per heavy atom. The first kappa shape index (κ1) is 18.6. The van der Waals surface area contributed by atoms with E-state index in [2.05, 4.69) is 46.4 Å². The van der Waals surface area contributed by atoms with Crippen LogP contribution in [-0.4, -0.2) is 24.2 Å². The lowest BCUT2D eigenvalue weighted by atomic mass is 9.98. The number of amides is 1. The third kappa shape index (κ3) is 3.92. The molecule has 0 unspecified atom stereocenters. The number of pyridine rings is 1. The molecule has 1 aliphatic carbocycles.